The van der Waals surface area contributed by atoms with Crippen molar-refractivity contribution in [3.05, 3.63) is 29.3 Å². The Balaban J connectivity index is 2.02. The topological polar surface area (TPSA) is 72.6 Å². The van der Waals surface area contributed by atoms with Gasteiger partial charge in [0.05, 0.1) is 19.4 Å². The number of likely N-dealkylation sites (tertiary alicyclic amines) is 1. The van der Waals surface area contributed by atoms with Gasteiger partial charge in [-0.05, 0) is 37.0 Å². The van der Waals surface area contributed by atoms with E-state index in [0.29, 0.717) is 19.5 Å². The quantitative estimate of drug-likeness (QED) is 0.907. The number of amides is 2. The van der Waals surface area contributed by atoms with Crippen molar-refractivity contribution in [2.45, 2.75) is 26.2 Å². The number of methoxy groups -OCH3 is 1. The molecule has 1 unspecified atom stereocenters. The molecule has 5 nitrogen and oxygen atoms in total. The number of nitrogens with two attached hydrogens (primary N) is 1. The minimum absolute atomic E-state index is 0.0341. The largest absolute Gasteiger partial charge is 0.496 e. The molecule has 1 fully saturated rings. The summed E-state index contributed by atoms with van der Waals surface area (Å²) in [6.07, 6.45) is 1.93. The highest BCUT2D eigenvalue weighted by atomic mass is 16.5. The Kier molecular flexibility index (Phi) is 4.83. The van der Waals surface area contributed by atoms with Crippen LogP contribution in [0.2, 0.25) is 0 Å². The van der Waals surface area contributed by atoms with E-state index in [-0.39, 0.29) is 17.7 Å². The Labute approximate surface area is 125 Å². The average molecular weight is 290 g/mol. The molecule has 1 saturated heterocycles. The molecule has 5 heteroatoms. The predicted octanol–water partition coefficient (Wildman–Crippen LogP) is 1.27. The highest BCUT2D eigenvalue weighted by Gasteiger charge is 2.26. The summed E-state index contributed by atoms with van der Waals surface area (Å²) in [4.78, 5) is 25.4. The molecular formula is C16H22N2O3. The van der Waals surface area contributed by atoms with Crippen LogP contribution in [-0.2, 0) is 16.0 Å². The first-order valence-corrected chi connectivity index (χ1v) is 7.22. The minimum atomic E-state index is -0.315. The van der Waals surface area contributed by atoms with Gasteiger partial charge in [0.2, 0.25) is 11.8 Å². The monoisotopic (exact) mass is 290 g/mol. The predicted molar refractivity (Wildman–Crippen MR) is 79.9 cm³/mol. The van der Waals surface area contributed by atoms with Gasteiger partial charge < -0.3 is 15.4 Å². The molecule has 0 radical (unpaired) electrons. The first-order valence-electron chi connectivity index (χ1n) is 7.22. The van der Waals surface area contributed by atoms with Crippen molar-refractivity contribution in [3.63, 3.8) is 0 Å². The summed E-state index contributed by atoms with van der Waals surface area (Å²) >= 11 is 0. The van der Waals surface area contributed by atoms with Crippen LogP contribution in [0.4, 0.5) is 0 Å². The van der Waals surface area contributed by atoms with Crippen LogP contribution < -0.4 is 10.5 Å². The molecule has 2 rings (SSSR count). The number of aryl methyl sites for hydroxylation is 1. The van der Waals surface area contributed by atoms with Gasteiger partial charge in [-0.1, -0.05) is 12.1 Å². The number of piperidine rings is 1. The molecule has 1 aliphatic heterocycles. The van der Waals surface area contributed by atoms with E-state index in [0.717, 1.165) is 29.7 Å². The SMILES string of the molecule is COc1cc(CC(=O)N2CCCC(C(N)=O)C2)ccc1C. The van der Waals surface area contributed by atoms with Gasteiger partial charge in [0, 0.05) is 13.1 Å². The Bertz CT molecular complexity index is 542. The summed E-state index contributed by atoms with van der Waals surface area (Å²) < 4.78 is 5.28. The highest BCUT2D eigenvalue weighted by Crippen LogP contribution is 2.21. The van der Waals surface area contributed by atoms with Crippen LogP contribution >= 0.6 is 0 Å². The summed E-state index contributed by atoms with van der Waals surface area (Å²) in [7, 11) is 1.62. The second-order valence-corrected chi connectivity index (χ2v) is 5.56. The first kappa shape index (κ1) is 15.4. The number of carbonyl (C=O) groups excluding carboxylic acids is 2. The molecule has 21 heavy (non-hydrogen) atoms. The van der Waals surface area contributed by atoms with Crippen LogP contribution in [0.5, 0.6) is 5.75 Å². The second kappa shape index (κ2) is 6.61. The molecule has 0 bridgehead atoms. The summed E-state index contributed by atoms with van der Waals surface area (Å²) in [5.74, 6) is 0.292. The maximum absolute atomic E-state index is 12.4. The van der Waals surface area contributed by atoms with Crippen molar-refractivity contribution in [1.82, 2.24) is 4.90 Å². The zero-order chi connectivity index (χ0) is 15.4. The second-order valence-electron chi connectivity index (χ2n) is 5.56. The van der Waals surface area contributed by atoms with Crippen LogP contribution in [0.15, 0.2) is 18.2 Å². The summed E-state index contributed by atoms with van der Waals surface area (Å²) in [6.45, 7) is 3.11. The van der Waals surface area contributed by atoms with E-state index in [9.17, 15) is 9.59 Å². The molecular weight excluding hydrogens is 268 g/mol. The molecule has 0 aliphatic carbocycles. The third kappa shape index (κ3) is 3.74. The van der Waals surface area contributed by atoms with E-state index in [4.69, 9.17) is 10.5 Å². The lowest BCUT2D eigenvalue weighted by molar-refractivity contribution is -0.134. The van der Waals surface area contributed by atoms with Gasteiger partial charge in [0.15, 0.2) is 0 Å². The maximum Gasteiger partial charge on any atom is 0.227 e. The molecule has 114 valence electrons. The standard InChI is InChI=1S/C16H22N2O3/c1-11-5-6-12(8-14(11)21-2)9-15(19)18-7-3-4-13(10-18)16(17)20/h5-6,8,13H,3-4,7,9-10H2,1-2H3,(H2,17,20). The smallest absolute Gasteiger partial charge is 0.227 e. The van der Waals surface area contributed by atoms with Gasteiger partial charge in [0.25, 0.3) is 0 Å². The van der Waals surface area contributed by atoms with Gasteiger partial charge in [0.1, 0.15) is 5.75 Å². The number of hydrogen-bond donors (Lipinski definition) is 1. The lowest BCUT2D eigenvalue weighted by Gasteiger charge is -2.31. The number of nitrogens with zero attached hydrogens (tertiary/aromatic N) is 1. The summed E-state index contributed by atoms with van der Waals surface area (Å²) in [5.41, 5.74) is 7.31. The van der Waals surface area contributed by atoms with Crippen molar-refractivity contribution in [2.75, 3.05) is 20.2 Å². The van der Waals surface area contributed by atoms with Crippen molar-refractivity contribution < 1.29 is 14.3 Å². The lowest BCUT2D eigenvalue weighted by Crippen LogP contribution is -2.44. The molecule has 1 aromatic rings. The van der Waals surface area contributed by atoms with Crippen LogP contribution in [0.1, 0.15) is 24.0 Å². The van der Waals surface area contributed by atoms with E-state index in [1.807, 2.05) is 25.1 Å². The number of benzene rings is 1. The Morgan fingerprint density at radius 3 is 2.86 bits per heavy atom. The third-order valence-corrected chi connectivity index (χ3v) is 4.00. The number of primary amides is 1. The third-order valence-electron chi connectivity index (χ3n) is 4.00. The Morgan fingerprint density at radius 1 is 1.43 bits per heavy atom. The van der Waals surface area contributed by atoms with Crippen LogP contribution in [0, 0.1) is 12.8 Å². The molecule has 1 aliphatic rings. The molecule has 1 atom stereocenters. The van der Waals surface area contributed by atoms with Crippen LogP contribution in [0.25, 0.3) is 0 Å². The van der Waals surface area contributed by atoms with E-state index >= 15 is 0 Å². The fraction of sp³-hybridized carbons (Fsp3) is 0.500. The zero-order valence-corrected chi connectivity index (χ0v) is 12.6. The number of hydrogen-bond acceptors (Lipinski definition) is 3. The number of carbonyl (C=O) groups is 2. The fourth-order valence-corrected chi connectivity index (χ4v) is 2.70. The van der Waals surface area contributed by atoms with Gasteiger partial charge in [-0.25, -0.2) is 0 Å². The molecule has 0 spiro atoms. The van der Waals surface area contributed by atoms with E-state index in [1.54, 1.807) is 12.0 Å². The van der Waals surface area contributed by atoms with Gasteiger partial charge in [-0.15, -0.1) is 0 Å². The zero-order valence-electron chi connectivity index (χ0n) is 12.6. The molecule has 0 saturated carbocycles. The number of ether oxygens (including phenoxy) is 1. The van der Waals surface area contributed by atoms with E-state index < -0.39 is 0 Å². The van der Waals surface area contributed by atoms with Crippen LogP contribution in [-0.4, -0.2) is 36.9 Å². The highest BCUT2D eigenvalue weighted by molar-refractivity contribution is 5.81. The first-order chi connectivity index (χ1) is 10.0. The van der Waals surface area contributed by atoms with Gasteiger partial charge >= 0.3 is 0 Å². The fourth-order valence-electron chi connectivity index (χ4n) is 2.70. The molecule has 2 amide bonds. The molecule has 0 aromatic heterocycles. The van der Waals surface area contributed by atoms with Crippen molar-refractivity contribution >= 4 is 11.8 Å². The molecule has 2 N–H and O–H groups in total. The average Bonchev–Trinajstić information content (AvgIpc) is 2.49. The lowest BCUT2D eigenvalue weighted by atomic mass is 9.97. The molecule has 1 aromatic carbocycles. The van der Waals surface area contributed by atoms with Crippen LogP contribution in [0.3, 0.4) is 0 Å². The normalized spacial score (nSPS) is 18.4. The van der Waals surface area contributed by atoms with Gasteiger partial charge in [-0.2, -0.15) is 0 Å². The van der Waals surface area contributed by atoms with Crippen molar-refractivity contribution in [2.24, 2.45) is 11.7 Å². The Hall–Kier alpha value is -2.04. The maximum atomic E-state index is 12.4. The summed E-state index contributed by atoms with van der Waals surface area (Å²) in [5, 5.41) is 0. The molecule has 1 heterocycles. The van der Waals surface area contributed by atoms with Gasteiger partial charge in [-0.3, -0.25) is 9.59 Å². The van der Waals surface area contributed by atoms with E-state index in [2.05, 4.69) is 0 Å². The number of rotatable bonds is 4. The van der Waals surface area contributed by atoms with Crippen molar-refractivity contribution in [1.29, 1.82) is 0 Å². The minimum Gasteiger partial charge on any atom is -0.496 e. The van der Waals surface area contributed by atoms with Crippen molar-refractivity contribution in [3.8, 4) is 5.75 Å². The van der Waals surface area contributed by atoms with E-state index in [1.165, 1.54) is 0 Å². The summed E-state index contributed by atoms with van der Waals surface area (Å²) in [6, 6.07) is 5.78. The Morgan fingerprint density at radius 2 is 2.19 bits per heavy atom.